The third-order valence-electron chi connectivity index (χ3n) is 3.03. The van der Waals surface area contributed by atoms with E-state index in [1.54, 1.807) is 12.1 Å². The molecule has 1 aromatic carbocycles. The monoisotopic (exact) mass is 233 g/mol. The summed E-state index contributed by atoms with van der Waals surface area (Å²) in [4.78, 5) is 13.7. The van der Waals surface area contributed by atoms with Crippen LogP contribution in [0.1, 0.15) is 24.3 Å². The second-order valence-corrected chi connectivity index (χ2v) is 4.61. The van der Waals surface area contributed by atoms with E-state index >= 15 is 0 Å². The van der Waals surface area contributed by atoms with Crippen LogP contribution in [0, 0.1) is 5.82 Å². The molecule has 0 aromatic heterocycles. The first-order valence-corrected chi connectivity index (χ1v) is 5.74. The van der Waals surface area contributed by atoms with Crippen molar-refractivity contribution in [2.75, 3.05) is 14.1 Å². The Hall–Kier alpha value is -1.64. The summed E-state index contributed by atoms with van der Waals surface area (Å²) in [6.45, 7) is 0. The normalized spacial score (nSPS) is 22.2. The molecule has 1 aromatic rings. The average molecular weight is 233 g/mol. The SMILES string of the molecule is CN(C)/C=C1\C(=O)CC[C@@H]1c1ccc(F)cc1. The van der Waals surface area contributed by atoms with Gasteiger partial charge in [0, 0.05) is 38.2 Å². The summed E-state index contributed by atoms with van der Waals surface area (Å²) in [5.74, 6) is 0.0785. The molecule has 1 saturated carbocycles. The van der Waals surface area contributed by atoms with E-state index in [1.165, 1.54) is 12.1 Å². The smallest absolute Gasteiger partial charge is 0.160 e. The molecule has 1 aliphatic carbocycles. The highest BCUT2D eigenvalue weighted by molar-refractivity contribution is 5.99. The zero-order chi connectivity index (χ0) is 12.4. The van der Waals surface area contributed by atoms with Gasteiger partial charge in [0.2, 0.25) is 0 Å². The second-order valence-electron chi connectivity index (χ2n) is 4.61. The van der Waals surface area contributed by atoms with Crippen molar-refractivity contribution >= 4 is 5.78 Å². The summed E-state index contributed by atoms with van der Waals surface area (Å²) in [7, 11) is 3.81. The van der Waals surface area contributed by atoms with E-state index < -0.39 is 0 Å². The van der Waals surface area contributed by atoms with E-state index in [0.29, 0.717) is 6.42 Å². The maximum Gasteiger partial charge on any atom is 0.160 e. The number of halogens is 1. The Kier molecular flexibility index (Phi) is 3.27. The molecular weight excluding hydrogens is 217 g/mol. The Morgan fingerprint density at radius 3 is 2.53 bits per heavy atom. The maximum atomic E-state index is 12.9. The van der Waals surface area contributed by atoms with Gasteiger partial charge in [-0.2, -0.15) is 0 Å². The average Bonchev–Trinajstić information content (AvgIpc) is 2.61. The number of allylic oxidation sites excluding steroid dienone is 1. The number of rotatable bonds is 2. The number of hydrogen-bond acceptors (Lipinski definition) is 2. The zero-order valence-electron chi connectivity index (χ0n) is 10.1. The second kappa shape index (κ2) is 4.70. The van der Waals surface area contributed by atoms with Gasteiger partial charge in [-0.1, -0.05) is 12.1 Å². The fourth-order valence-corrected chi connectivity index (χ4v) is 2.25. The van der Waals surface area contributed by atoms with Gasteiger partial charge in [-0.05, 0) is 24.1 Å². The standard InChI is InChI=1S/C14H16FNO/c1-16(2)9-13-12(7-8-14(13)17)10-3-5-11(15)6-4-10/h3-6,9,12H,7-8H2,1-2H3/b13-9-/t12-/m1/s1. The molecular formula is C14H16FNO. The number of ketones is 1. The van der Waals surface area contributed by atoms with Crippen molar-refractivity contribution < 1.29 is 9.18 Å². The molecule has 0 spiro atoms. The largest absolute Gasteiger partial charge is 0.383 e. The van der Waals surface area contributed by atoms with Gasteiger partial charge in [-0.15, -0.1) is 0 Å². The van der Waals surface area contributed by atoms with E-state index in [1.807, 2.05) is 25.2 Å². The third kappa shape index (κ3) is 2.54. The van der Waals surface area contributed by atoms with E-state index in [0.717, 1.165) is 17.6 Å². The molecule has 0 saturated heterocycles. The molecule has 3 heteroatoms. The van der Waals surface area contributed by atoms with Gasteiger partial charge in [-0.25, -0.2) is 4.39 Å². The Morgan fingerprint density at radius 1 is 1.29 bits per heavy atom. The van der Waals surface area contributed by atoms with Crippen molar-refractivity contribution in [3.63, 3.8) is 0 Å². The lowest BCUT2D eigenvalue weighted by atomic mass is 9.94. The molecule has 0 bridgehead atoms. The molecule has 1 atom stereocenters. The van der Waals surface area contributed by atoms with Crippen LogP contribution >= 0.6 is 0 Å². The zero-order valence-corrected chi connectivity index (χ0v) is 10.1. The van der Waals surface area contributed by atoms with Crippen molar-refractivity contribution in [1.82, 2.24) is 4.90 Å². The molecule has 0 heterocycles. The van der Waals surface area contributed by atoms with E-state index in [4.69, 9.17) is 0 Å². The molecule has 0 radical (unpaired) electrons. The fraction of sp³-hybridized carbons (Fsp3) is 0.357. The summed E-state index contributed by atoms with van der Waals surface area (Å²) in [5, 5.41) is 0. The van der Waals surface area contributed by atoms with Gasteiger partial charge in [0.05, 0.1) is 0 Å². The van der Waals surface area contributed by atoms with Gasteiger partial charge in [0.25, 0.3) is 0 Å². The van der Waals surface area contributed by atoms with Crippen LogP contribution in [-0.4, -0.2) is 24.8 Å². The number of carbonyl (C=O) groups excluding carboxylic acids is 1. The number of hydrogen-bond donors (Lipinski definition) is 0. The van der Waals surface area contributed by atoms with Gasteiger partial charge < -0.3 is 4.90 Å². The number of benzene rings is 1. The minimum absolute atomic E-state index is 0.116. The lowest BCUT2D eigenvalue weighted by Crippen LogP contribution is -2.08. The predicted molar refractivity (Wildman–Crippen MR) is 65.2 cm³/mol. The molecule has 0 aliphatic heterocycles. The Morgan fingerprint density at radius 2 is 1.94 bits per heavy atom. The number of carbonyl (C=O) groups is 1. The topological polar surface area (TPSA) is 20.3 Å². The van der Waals surface area contributed by atoms with Gasteiger partial charge in [-0.3, -0.25) is 4.79 Å². The minimum Gasteiger partial charge on any atom is -0.383 e. The summed E-state index contributed by atoms with van der Waals surface area (Å²) < 4.78 is 12.9. The summed E-state index contributed by atoms with van der Waals surface area (Å²) in [6.07, 6.45) is 3.29. The van der Waals surface area contributed by atoms with E-state index in [9.17, 15) is 9.18 Å². The van der Waals surface area contributed by atoms with Crippen LogP contribution in [0.25, 0.3) is 0 Å². The molecule has 2 nitrogen and oxygen atoms in total. The quantitative estimate of drug-likeness (QED) is 0.732. The third-order valence-corrected chi connectivity index (χ3v) is 3.03. The molecule has 90 valence electrons. The Balaban J connectivity index is 2.32. The van der Waals surface area contributed by atoms with Crippen LogP contribution in [-0.2, 0) is 4.79 Å². The van der Waals surface area contributed by atoms with Gasteiger partial charge in [0.1, 0.15) is 5.82 Å². The minimum atomic E-state index is -0.240. The predicted octanol–water partition coefficient (Wildman–Crippen LogP) is 2.72. The molecule has 2 rings (SSSR count). The summed E-state index contributed by atoms with van der Waals surface area (Å²) in [5.41, 5.74) is 1.85. The van der Waals surface area contributed by atoms with Crippen molar-refractivity contribution in [3.05, 3.63) is 47.4 Å². The molecule has 0 N–H and O–H groups in total. The van der Waals surface area contributed by atoms with Gasteiger partial charge >= 0.3 is 0 Å². The lowest BCUT2D eigenvalue weighted by Gasteiger charge is -2.14. The van der Waals surface area contributed by atoms with Gasteiger partial charge in [0.15, 0.2) is 5.78 Å². The highest BCUT2D eigenvalue weighted by Crippen LogP contribution is 2.36. The van der Waals surface area contributed by atoms with Crippen molar-refractivity contribution in [2.24, 2.45) is 0 Å². The molecule has 1 fully saturated rings. The summed E-state index contributed by atoms with van der Waals surface area (Å²) >= 11 is 0. The number of nitrogens with zero attached hydrogens (tertiary/aromatic N) is 1. The Bertz CT molecular complexity index is 448. The Labute approximate surface area is 101 Å². The molecule has 17 heavy (non-hydrogen) atoms. The number of Topliss-reactive ketones (excluding diaryl/α,β-unsaturated/α-hetero) is 1. The van der Waals surface area contributed by atoms with Crippen LogP contribution in [0.2, 0.25) is 0 Å². The summed E-state index contributed by atoms with van der Waals surface area (Å²) in [6, 6.07) is 6.43. The van der Waals surface area contributed by atoms with Crippen LogP contribution in [0.3, 0.4) is 0 Å². The van der Waals surface area contributed by atoms with Crippen molar-refractivity contribution in [1.29, 1.82) is 0 Å². The van der Waals surface area contributed by atoms with Crippen molar-refractivity contribution in [2.45, 2.75) is 18.8 Å². The van der Waals surface area contributed by atoms with Crippen LogP contribution in [0.5, 0.6) is 0 Å². The first kappa shape index (κ1) is 11.8. The lowest BCUT2D eigenvalue weighted by molar-refractivity contribution is -0.114. The maximum absolute atomic E-state index is 12.9. The van der Waals surface area contributed by atoms with E-state index in [2.05, 4.69) is 0 Å². The molecule has 0 amide bonds. The first-order valence-electron chi connectivity index (χ1n) is 5.74. The molecule has 1 aliphatic rings. The van der Waals surface area contributed by atoms with E-state index in [-0.39, 0.29) is 17.5 Å². The molecule has 0 unspecified atom stereocenters. The highest BCUT2D eigenvalue weighted by Gasteiger charge is 2.29. The first-order chi connectivity index (χ1) is 8.08. The van der Waals surface area contributed by atoms with Crippen LogP contribution in [0.15, 0.2) is 36.0 Å². The van der Waals surface area contributed by atoms with Crippen molar-refractivity contribution in [3.8, 4) is 0 Å². The van der Waals surface area contributed by atoms with Crippen LogP contribution in [0.4, 0.5) is 4.39 Å². The highest BCUT2D eigenvalue weighted by atomic mass is 19.1. The fourth-order valence-electron chi connectivity index (χ4n) is 2.25. The van der Waals surface area contributed by atoms with Crippen LogP contribution < -0.4 is 0 Å².